The van der Waals surface area contributed by atoms with Crippen molar-refractivity contribution in [2.24, 2.45) is 0 Å². The number of carbonyl (C=O) groups is 1. The normalized spacial score (nSPS) is 11.8. The molecule has 0 fully saturated rings. The Balaban J connectivity index is 1.56. The van der Waals surface area contributed by atoms with Crippen molar-refractivity contribution in [1.29, 1.82) is 0 Å². The van der Waals surface area contributed by atoms with Crippen LogP contribution in [-0.2, 0) is 11.3 Å². The first-order chi connectivity index (χ1) is 13.0. The van der Waals surface area contributed by atoms with Crippen molar-refractivity contribution in [3.63, 3.8) is 0 Å². The molecule has 1 aromatic carbocycles. The van der Waals surface area contributed by atoms with E-state index in [0.29, 0.717) is 5.82 Å². The lowest BCUT2D eigenvalue weighted by Crippen LogP contribution is -2.39. The van der Waals surface area contributed by atoms with Gasteiger partial charge >= 0.3 is 0 Å². The molecule has 8 nitrogen and oxygen atoms in total. The second-order valence-corrected chi connectivity index (χ2v) is 5.69. The molecular formula is C18H18FN5O3. The number of rotatable bonds is 7. The van der Waals surface area contributed by atoms with Gasteiger partial charge in [0, 0.05) is 25.0 Å². The highest BCUT2D eigenvalue weighted by Gasteiger charge is 2.16. The Labute approximate surface area is 154 Å². The lowest BCUT2D eigenvalue weighted by Gasteiger charge is -2.15. The highest BCUT2D eigenvalue weighted by Crippen LogP contribution is 2.16. The number of hydrogen-bond acceptors (Lipinski definition) is 5. The van der Waals surface area contributed by atoms with Gasteiger partial charge in [-0.15, -0.1) is 5.10 Å². The molecule has 0 aliphatic carbocycles. The molecular weight excluding hydrogens is 353 g/mol. The topological polar surface area (TPSA) is 91.0 Å². The summed E-state index contributed by atoms with van der Waals surface area (Å²) in [7, 11) is 0. The summed E-state index contributed by atoms with van der Waals surface area (Å²) in [4.78, 5) is 24.0. The van der Waals surface area contributed by atoms with E-state index in [4.69, 9.17) is 4.74 Å². The number of halogens is 1. The molecule has 0 aliphatic heterocycles. The van der Waals surface area contributed by atoms with Gasteiger partial charge in [-0.2, -0.15) is 5.10 Å². The first-order valence-corrected chi connectivity index (χ1v) is 8.31. The predicted molar refractivity (Wildman–Crippen MR) is 95.1 cm³/mol. The zero-order valence-electron chi connectivity index (χ0n) is 14.6. The van der Waals surface area contributed by atoms with Gasteiger partial charge in [-0.05, 0) is 31.2 Å². The Hall–Kier alpha value is -3.49. The van der Waals surface area contributed by atoms with E-state index in [1.807, 2.05) is 0 Å². The fourth-order valence-corrected chi connectivity index (χ4v) is 2.34. The second-order valence-electron chi connectivity index (χ2n) is 5.69. The summed E-state index contributed by atoms with van der Waals surface area (Å²) in [5.41, 5.74) is -0.296. The second kappa shape index (κ2) is 8.26. The van der Waals surface area contributed by atoms with Gasteiger partial charge in [-0.1, -0.05) is 12.1 Å². The molecule has 0 aliphatic rings. The van der Waals surface area contributed by atoms with Crippen LogP contribution in [0.4, 0.5) is 4.39 Å². The Morgan fingerprint density at radius 3 is 2.81 bits per heavy atom. The fourth-order valence-electron chi connectivity index (χ4n) is 2.34. The molecule has 0 radical (unpaired) electrons. The van der Waals surface area contributed by atoms with Crippen molar-refractivity contribution in [3.05, 3.63) is 71.0 Å². The van der Waals surface area contributed by atoms with E-state index < -0.39 is 17.8 Å². The molecule has 140 valence electrons. The van der Waals surface area contributed by atoms with E-state index in [1.54, 1.807) is 30.6 Å². The maximum Gasteiger partial charge on any atom is 0.266 e. The molecule has 1 N–H and O–H groups in total. The van der Waals surface area contributed by atoms with Crippen molar-refractivity contribution in [3.8, 4) is 11.6 Å². The summed E-state index contributed by atoms with van der Waals surface area (Å²) < 4.78 is 21.7. The number of carbonyl (C=O) groups excluding carboxylic acids is 1. The van der Waals surface area contributed by atoms with E-state index in [0.717, 1.165) is 0 Å². The molecule has 1 atom stereocenters. The SMILES string of the molecule is CC(Oc1ccccc1F)C(=O)NCCn1nc(-n2cccn2)ccc1=O. The van der Waals surface area contributed by atoms with E-state index in [1.165, 1.54) is 40.6 Å². The van der Waals surface area contributed by atoms with Gasteiger partial charge in [0.15, 0.2) is 23.5 Å². The highest BCUT2D eigenvalue weighted by molar-refractivity contribution is 5.80. The largest absolute Gasteiger partial charge is 0.478 e. The maximum atomic E-state index is 13.6. The average Bonchev–Trinajstić information content (AvgIpc) is 3.19. The van der Waals surface area contributed by atoms with Gasteiger partial charge in [0.25, 0.3) is 11.5 Å². The third-order valence-corrected chi connectivity index (χ3v) is 3.72. The Morgan fingerprint density at radius 1 is 1.26 bits per heavy atom. The third kappa shape index (κ3) is 4.57. The van der Waals surface area contributed by atoms with Gasteiger partial charge in [-0.25, -0.2) is 13.8 Å². The average molecular weight is 371 g/mol. The van der Waals surface area contributed by atoms with Crippen LogP contribution in [0.3, 0.4) is 0 Å². The number of hydrogen-bond donors (Lipinski definition) is 1. The first kappa shape index (κ1) is 18.3. The smallest absolute Gasteiger partial charge is 0.266 e. The van der Waals surface area contributed by atoms with E-state index in [-0.39, 0.29) is 24.4 Å². The summed E-state index contributed by atoms with van der Waals surface area (Å²) in [5.74, 6) is -0.468. The van der Waals surface area contributed by atoms with Crippen molar-refractivity contribution in [2.75, 3.05) is 6.54 Å². The number of aromatic nitrogens is 4. The van der Waals surface area contributed by atoms with Gasteiger partial charge < -0.3 is 10.1 Å². The molecule has 2 aromatic heterocycles. The Morgan fingerprint density at radius 2 is 2.07 bits per heavy atom. The fraction of sp³-hybridized carbons (Fsp3) is 0.222. The zero-order valence-corrected chi connectivity index (χ0v) is 14.6. The van der Waals surface area contributed by atoms with Crippen molar-refractivity contribution < 1.29 is 13.9 Å². The van der Waals surface area contributed by atoms with Crippen LogP contribution in [0, 0.1) is 5.82 Å². The van der Waals surface area contributed by atoms with Crippen LogP contribution in [-0.4, -0.2) is 38.1 Å². The highest BCUT2D eigenvalue weighted by atomic mass is 19.1. The molecule has 0 spiro atoms. The van der Waals surface area contributed by atoms with Crippen LogP contribution in [0.2, 0.25) is 0 Å². The number of ether oxygens (including phenoxy) is 1. The van der Waals surface area contributed by atoms with Crippen LogP contribution < -0.4 is 15.6 Å². The minimum atomic E-state index is -0.887. The molecule has 9 heteroatoms. The van der Waals surface area contributed by atoms with Gasteiger partial charge in [0.05, 0.1) is 6.54 Å². The zero-order chi connectivity index (χ0) is 19.2. The Bertz CT molecular complexity index is 971. The number of para-hydroxylation sites is 1. The van der Waals surface area contributed by atoms with Gasteiger partial charge in [0.1, 0.15) is 0 Å². The third-order valence-electron chi connectivity index (χ3n) is 3.72. The minimum absolute atomic E-state index is 0.00459. The summed E-state index contributed by atoms with van der Waals surface area (Å²) >= 11 is 0. The van der Waals surface area contributed by atoms with Crippen molar-refractivity contribution in [1.82, 2.24) is 24.9 Å². The molecule has 2 heterocycles. The molecule has 3 aromatic rings. The lowest BCUT2D eigenvalue weighted by atomic mass is 10.3. The van der Waals surface area contributed by atoms with Crippen LogP contribution in [0.25, 0.3) is 5.82 Å². The minimum Gasteiger partial charge on any atom is -0.478 e. The summed E-state index contributed by atoms with van der Waals surface area (Å²) in [6, 6.07) is 10.6. The van der Waals surface area contributed by atoms with Gasteiger partial charge in [-0.3, -0.25) is 9.59 Å². The molecule has 1 amide bonds. The van der Waals surface area contributed by atoms with Crippen LogP contribution in [0.15, 0.2) is 59.7 Å². The van der Waals surface area contributed by atoms with Crippen molar-refractivity contribution >= 4 is 5.91 Å². The van der Waals surface area contributed by atoms with Crippen LogP contribution >= 0.6 is 0 Å². The molecule has 27 heavy (non-hydrogen) atoms. The standard InChI is InChI=1S/C18H18FN5O3/c1-13(27-15-6-3-2-5-14(15)19)18(26)20-10-12-24-17(25)8-7-16(22-24)23-11-4-9-21-23/h2-9,11,13H,10,12H2,1H3,(H,20,26). The molecule has 0 saturated carbocycles. The molecule has 0 saturated heterocycles. The Kier molecular flexibility index (Phi) is 5.60. The monoisotopic (exact) mass is 371 g/mol. The summed E-state index contributed by atoms with van der Waals surface area (Å²) in [6.45, 7) is 1.86. The summed E-state index contributed by atoms with van der Waals surface area (Å²) in [5, 5.41) is 10.9. The van der Waals surface area contributed by atoms with E-state index in [9.17, 15) is 14.0 Å². The number of nitrogens with one attached hydrogen (secondary N) is 1. The van der Waals surface area contributed by atoms with Crippen LogP contribution in [0.5, 0.6) is 5.75 Å². The number of benzene rings is 1. The number of amides is 1. The molecule has 3 rings (SSSR count). The van der Waals surface area contributed by atoms with E-state index in [2.05, 4.69) is 15.5 Å². The van der Waals surface area contributed by atoms with Crippen LogP contribution in [0.1, 0.15) is 6.92 Å². The molecule has 0 bridgehead atoms. The lowest BCUT2D eigenvalue weighted by molar-refractivity contribution is -0.127. The maximum absolute atomic E-state index is 13.6. The quantitative estimate of drug-likeness (QED) is 0.673. The predicted octanol–water partition coefficient (Wildman–Crippen LogP) is 1.15. The summed E-state index contributed by atoms with van der Waals surface area (Å²) in [6.07, 6.45) is 2.43. The first-order valence-electron chi connectivity index (χ1n) is 8.31. The molecule has 1 unspecified atom stereocenters. The van der Waals surface area contributed by atoms with Gasteiger partial charge in [0.2, 0.25) is 0 Å². The van der Waals surface area contributed by atoms with Crippen molar-refractivity contribution in [2.45, 2.75) is 19.6 Å². The van der Waals surface area contributed by atoms with E-state index >= 15 is 0 Å². The number of nitrogens with zero attached hydrogens (tertiary/aromatic N) is 4.